The van der Waals surface area contributed by atoms with Gasteiger partial charge in [-0.2, -0.15) is 0 Å². The number of hydrogen-bond acceptors (Lipinski definition) is 5. The van der Waals surface area contributed by atoms with Gasteiger partial charge in [-0.05, 0) is 32.8 Å². The molecule has 23 heavy (non-hydrogen) atoms. The van der Waals surface area contributed by atoms with Crippen LogP contribution in [-0.4, -0.2) is 30.0 Å². The second-order valence-electron chi connectivity index (χ2n) is 6.04. The average Bonchev–Trinajstić information content (AvgIpc) is 2.48. The smallest absolute Gasteiger partial charge is 0.408 e. The van der Waals surface area contributed by atoms with E-state index >= 15 is 0 Å². The molecule has 0 radical (unpaired) electrons. The van der Waals surface area contributed by atoms with Crippen LogP contribution in [-0.2, 0) is 25.7 Å². The van der Waals surface area contributed by atoms with Gasteiger partial charge in [-0.25, -0.2) is 9.59 Å². The maximum Gasteiger partial charge on any atom is 0.408 e. The number of carbonyl (C=O) groups excluding carboxylic acids is 3. The summed E-state index contributed by atoms with van der Waals surface area (Å²) < 4.78 is 10.3. The van der Waals surface area contributed by atoms with Crippen LogP contribution >= 0.6 is 0 Å². The van der Waals surface area contributed by atoms with Crippen LogP contribution in [0, 0.1) is 0 Å². The summed E-state index contributed by atoms with van der Waals surface area (Å²) in [7, 11) is 0. The Hall–Kier alpha value is -2.37. The first-order chi connectivity index (χ1) is 10.8. The summed E-state index contributed by atoms with van der Waals surface area (Å²) in [5.74, 6) is -0.596. The van der Waals surface area contributed by atoms with Gasteiger partial charge in [-0.15, -0.1) is 0 Å². The molecule has 1 aromatic carbocycles. The van der Waals surface area contributed by atoms with E-state index in [1.807, 2.05) is 30.3 Å². The van der Waals surface area contributed by atoms with Crippen LogP contribution < -0.4 is 5.32 Å². The minimum Gasteiger partial charge on any atom is -0.459 e. The Bertz CT molecular complexity index is 522. The number of aldehydes is 1. The van der Waals surface area contributed by atoms with Crippen LogP contribution in [0.25, 0.3) is 0 Å². The van der Waals surface area contributed by atoms with Gasteiger partial charge in [0.05, 0.1) is 0 Å². The first-order valence-corrected chi connectivity index (χ1v) is 7.45. The topological polar surface area (TPSA) is 81.7 Å². The number of alkyl carbamates (subject to hydrolysis) is 1. The maximum absolute atomic E-state index is 12.1. The Morgan fingerprint density at radius 3 is 2.43 bits per heavy atom. The molecule has 1 N–H and O–H groups in total. The zero-order valence-corrected chi connectivity index (χ0v) is 13.7. The lowest BCUT2D eigenvalue weighted by molar-refractivity contribution is -0.147. The molecular weight excluding hydrogens is 298 g/mol. The summed E-state index contributed by atoms with van der Waals surface area (Å²) in [5, 5.41) is 2.45. The quantitative estimate of drug-likeness (QED) is 0.616. The van der Waals surface area contributed by atoms with Crippen molar-refractivity contribution in [3.63, 3.8) is 0 Å². The number of benzene rings is 1. The van der Waals surface area contributed by atoms with E-state index in [1.165, 1.54) is 0 Å². The minimum absolute atomic E-state index is 0.104. The lowest BCUT2D eigenvalue weighted by Crippen LogP contribution is -2.44. The average molecular weight is 321 g/mol. The lowest BCUT2D eigenvalue weighted by atomic mass is 10.1. The molecule has 0 aliphatic heterocycles. The predicted molar refractivity (Wildman–Crippen MR) is 84.7 cm³/mol. The first kappa shape index (κ1) is 18.7. The fourth-order valence-corrected chi connectivity index (χ4v) is 1.76. The van der Waals surface area contributed by atoms with Crippen LogP contribution in [0.2, 0.25) is 0 Å². The molecule has 6 nitrogen and oxygen atoms in total. The molecule has 1 aromatic rings. The second-order valence-corrected chi connectivity index (χ2v) is 6.04. The molecule has 0 aliphatic rings. The van der Waals surface area contributed by atoms with Crippen LogP contribution in [0.3, 0.4) is 0 Å². The molecule has 0 spiro atoms. The van der Waals surface area contributed by atoms with E-state index in [4.69, 9.17) is 9.47 Å². The van der Waals surface area contributed by atoms with E-state index in [-0.39, 0.29) is 19.4 Å². The highest BCUT2D eigenvalue weighted by Crippen LogP contribution is 2.09. The molecule has 1 atom stereocenters. The molecule has 0 unspecified atom stereocenters. The normalized spacial score (nSPS) is 12.1. The molecule has 0 aromatic heterocycles. The third-order valence-corrected chi connectivity index (χ3v) is 2.77. The Balaban J connectivity index is 2.59. The zero-order valence-electron chi connectivity index (χ0n) is 13.7. The van der Waals surface area contributed by atoms with Crippen molar-refractivity contribution in [2.75, 3.05) is 0 Å². The summed E-state index contributed by atoms with van der Waals surface area (Å²) in [6.45, 7) is 5.27. The summed E-state index contributed by atoms with van der Waals surface area (Å²) >= 11 is 0. The summed E-state index contributed by atoms with van der Waals surface area (Å²) in [4.78, 5) is 34.4. The molecule has 0 fully saturated rings. The molecule has 126 valence electrons. The molecular formula is C17H23NO5. The van der Waals surface area contributed by atoms with E-state index in [0.717, 1.165) is 5.56 Å². The van der Waals surface area contributed by atoms with Crippen molar-refractivity contribution >= 4 is 18.3 Å². The summed E-state index contributed by atoms with van der Waals surface area (Å²) in [6, 6.07) is 8.28. The molecule has 0 aliphatic carbocycles. The number of ether oxygens (including phenoxy) is 2. The Kier molecular flexibility index (Phi) is 7.25. The number of carbonyl (C=O) groups is 3. The highest BCUT2D eigenvalue weighted by molar-refractivity contribution is 5.81. The van der Waals surface area contributed by atoms with Crippen molar-refractivity contribution in [2.24, 2.45) is 0 Å². The number of esters is 1. The van der Waals surface area contributed by atoms with E-state index in [2.05, 4.69) is 5.32 Å². The van der Waals surface area contributed by atoms with Crippen molar-refractivity contribution in [1.82, 2.24) is 5.32 Å². The number of nitrogens with one attached hydrogen (secondary N) is 1. The molecule has 0 saturated heterocycles. The third kappa shape index (κ3) is 7.99. The van der Waals surface area contributed by atoms with Gasteiger partial charge in [0.1, 0.15) is 24.5 Å². The fraction of sp³-hybridized carbons (Fsp3) is 0.471. The highest BCUT2D eigenvalue weighted by atomic mass is 16.6. The van der Waals surface area contributed by atoms with E-state index in [9.17, 15) is 14.4 Å². The SMILES string of the molecule is CC(C)(C)OC(=O)N[C@H](CCC=O)C(=O)OCc1ccccc1. The maximum atomic E-state index is 12.1. The Morgan fingerprint density at radius 2 is 1.87 bits per heavy atom. The minimum atomic E-state index is -0.918. The van der Waals surface area contributed by atoms with Crippen molar-refractivity contribution in [2.45, 2.75) is 51.9 Å². The van der Waals surface area contributed by atoms with Gasteiger partial charge in [-0.1, -0.05) is 30.3 Å². The number of rotatable bonds is 7. The number of amides is 1. The predicted octanol–water partition coefficient (Wildman–Crippen LogP) is 2.60. The van der Waals surface area contributed by atoms with Crippen molar-refractivity contribution in [1.29, 1.82) is 0 Å². The van der Waals surface area contributed by atoms with Crippen molar-refractivity contribution in [3.8, 4) is 0 Å². The molecule has 1 rings (SSSR count). The van der Waals surface area contributed by atoms with Crippen molar-refractivity contribution in [3.05, 3.63) is 35.9 Å². The van der Waals surface area contributed by atoms with Gasteiger partial charge in [0.25, 0.3) is 0 Å². The Morgan fingerprint density at radius 1 is 1.22 bits per heavy atom. The largest absolute Gasteiger partial charge is 0.459 e. The van der Waals surface area contributed by atoms with Gasteiger partial charge >= 0.3 is 12.1 Å². The number of hydrogen-bond donors (Lipinski definition) is 1. The first-order valence-electron chi connectivity index (χ1n) is 7.45. The molecule has 0 bridgehead atoms. The standard InChI is InChI=1S/C17H23NO5/c1-17(2,3)23-16(21)18-14(10-7-11-19)15(20)22-12-13-8-5-4-6-9-13/h4-6,8-9,11,14H,7,10,12H2,1-3H3,(H,18,21)/t14-/m1/s1. The van der Waals surface area contributed by atoms with Crippen LogP contribution in [0.1, 0.15) is 39.2 Å². The molecule has 6 heteroatoms. The monoisotopic (exact) mass is 321 g/mol. The lowest BCUT2D eigenvalue weighted by Gasteiger charge is -2.22. The van der Waals surface area contributed by atoms with E-state index in [1.54, 1.807) is 20.8 Å². The molecule has 0 saturated carbocycles. The van der Waals surface area contributed by atoms with Gasteiger partial charge in [0, 0.05) is 6.42 Å². The van der Waals surface area contributed by atoms with Crippen LogP contribution in [0.4, 0.5) is 4.79 Å². The third-order valence-electron chi connectivity index (χ3n) is 2.77. The highest BCUT2D eigenvalue weighted by Gasteiger charge is 2.25. The molecule has 0 heterocycles. The Labute approximate surface area is 136 Å². The van der Waals surface area contributed by atoms with Gasteiger partial charge in [0.15, 0.2) is 0 Å². The van der Waals surface area contributed by atoms with Gasteiger partial charge in [0.2, 0.25) is 0 Å². The summed E-state index contributed by atoms with van der Waals surface area (Å²) in [5.41, 5.74) is 0.167. The zero-order chi connectivity index (χ0) is 17.3. The summed E-state index contributed by atoms with van der Waals surface area (Å²) in [6.07, 6.45) is 0.274. The van der Waals surface area contributed by atoms with E-state index in [0.29, 0.717) is 6.29 Å². The van der Waals surface area contributed by atoms with E-state index < -0.39 is 23.7 Å². The fourth-order valence-electron chi connectivity index (χ4n) is 1.76. The van der Waals surface area contributed by atoms with Gasteiger partial charge in [-0.3, -0.25) is 0 Å². The van der Waals surface area contributed by atoms with Crippen LogP contribution in [0.5, 0.6) is 0 Å². The van der Waals surface area contributed by atoms with Gasteiger partial charge < -0.3 is 19.6 Å². The molecule has 1 amide bonds. The second kappa shape index (κ2) is 8.92. The van der Waals surface area contributed by atoms with Crippen LogP contribution in [0.15, 0.2) is 30.3 Å². The van der Waals surface area contributed by atoms with Crippen molar-refractivity contribution < 1.29 is 23.9 Å².